The van der Waals surface area contributed by atoms with Crippen molar-refractivity contribution in [2.24, 2.45) is 0 Å². The summed E-state index contributed by atoms with van der Waals surface area (Å²) in [6.07, 6.45) is -0.496. The molecule has 0 radical (unpaired) electrons. The second-order valence-electron chi connectivity index (χ2n) is 7.79. The molecule has 182 valence electrons. The molecule has 0 saturated carbocycles. The minimum Gasteiger partial charge on any atom is -0.463 e. The maximum absolute atomic E-state index is 14.6. The van der Waals surface area contributed by atoms with Crippen LogP contribution >= 0.6 is 22.9 Å². The summed E-state index contributed by atoms with van der Waals surface area (Å²) >= 11 is 6.87. The molecule has 2 N–H and O–H groups in total. The van der Waals surface area contributed by atoms with Gasteiger partial charge in [0.2, 0.25) is 0 Å². The number of nitrogens with zero attached hydrogens (tertiary/aromatic N) is 1. The van der Waals surface area contributed by atoms with Crippen molar-refractivity contribution in [3.05, 3.63) is 50.9 Å². The predicted molar refractivity (Wildman–Crippen MR) is 123 cm³/mol. The molecule has 2 aromatic rings. The van der Waals surface area contributed by atoms with Crippen LogP contribution in [0.4, 0.5) is 18.2 Å². The number of nitriles is 1. The number of amides is 1. The molecule has 0 fully saturated rings. The Morgan fingerprint density at radius 2 is 1.91 bits per heavy atom. The number of thiophene rings is 1. The summed E-state index contributed by atoms with van der Waals surface area (Å²) in [5.41, 5.74) is -3.05. The number of aryl methyl sites for hydroxylation is 1. The van der Waals surface area contributed by atoms with Crippen molar-refractivity contribution < 1.29 is 27.5 Å². The van der Waals surface area contributed by atoms with E-state index >= 15 is 0 Å². The van der Waals surface area contributed by atoms with E-state index in [1.807, 2.05) is 6.07 Å². The highest BCUT2D eigenvalue weighted by molar-refractivity contribution is 7.16. The van der Waals surface area contributed by atoms with E-state index in [2.05, 4.69) is 5.32 Å². The fraction of sp³-hybridized carbons (Fsp3) is 0.435. The third-order valence-corrected chi connectivity index (χ3v) is 6.92. The number of halogens is 4. The molecule has 1 aromatic heterocycles. The van der Waals surface area contributed by atoms with Crippen molar-refractivity contribution in [1.29, 1.82) is 5.26 Å². The summed E-state index contributed by atoms with van der Waals surface area (Å²) in [6.45, 7) is 1.01. The second kappa shape index (κ2) is 10.7. The molecule has 0 spiro atoms. The average Bonchev–Trinajstić information content (AvgIpc) is 3.07. The molecule has 1 atom stereocenters. The van der Waals surface area contributed by atoms with Crippen LogP contribution in [0, 0.1) is 11.3 Å². The second-order valence-corrected chi connectivity index (χ2v) is 9.33. The summed E-state index contributed by atoms with van der Waals surface area (Å²) in [6, 6.07) is 7.30. The molecule has 1 aliphatic rings. The van der Waals surface area contributed by atoms with Gasteiger partial charge in [-0.3, -0.25) is 4.79 Å². The lowest BCUT2D eigenvalue weighted by Gasteiger charge is -2.35. The average molecular weight is 514 g/mol. The number of fused-ring (bicyclic) bond motifs is 1. The molecule has 3 rings (SSSR count). The van der Waals surface area contributed by atoms with Gasteiger partial charge in [0.05, 0.1) is 12.2 Å². The number of carbonyl (C=O) groups excluding carboxylic acids is 2. The van der Waals surface area contributed by atoms with Crippen molar-refractivity contribution in [2.45, 2.75) is 57.3 Å². The number of carbonyl (C=O) groups is 2. The number of rotatable bonds is 6. The highest BCUT2D eigenvalue weighted by Crippen LogP contribution is 2.41. The van der Waals surface area contributed by atoms with E-state index in [9.17, 15) is 28.0 Å². The molecular formula is C23H23ClF3N3O3S. The van der Waals surface area contributed by atoms with Gasteiger partial charge >= 0.3 is 17.8 Å². The van der Waals surface area contributed by atoms with Gasteiger partial charge in [-0.15, -0.1) is 11.3 Å². The van der Waals surface area contributed by atoms with Crippen LogP contribution in [0.25, 0.3) is 0 Å². The maximum Gasteiger partial charge on any atom is 0.441 e. The maximum atomic E-state index is 14.6. The minimum absolute atomic E-state index is 0.0526. The first-order valence-electron chi connectivity index (χ1n) is 10.8. The molecule has 1 aromatic carbocycles. The third-order valence-electron chi connectivity index (χ3n) is 5.48. The van der Waals surface area contributed by atoms with Crippen LogP contribution in [0.1, 0.15) is 59.0 Å². The molecule has 1 amide bonds. The van der Waals surface area contributed by atoms with Crippen molar-refractivity contribution in [2.75, 3.05) is 11.9 Å². The van der Waals surface area contributed by atoms with Gasteiger partial charge in [-0.05, 0) is 56.4 Å². The van der Waals surface area contributed by atoms with E-state index in [4.69, 9.17) is 16.3 Å². The van der Waals surface area contributed by atoms with Crippen LogP contribution in [0.3, 0.4) is 0 Å². The number of alkyl halides is 3. The zero-order valence-electron chi connectivity index (χ0n) is 18.4. The van der Waals surface area contributed by atoms with Gasteiger partial charge in [-0.25, -0.2) is 4.79 Å². The van der Waals surface area contributed by atoms with Crippen LogP contribution in [-0.2, 0) is 22.4 Å². The highest BCUT2D eigenvalue weighted by atomic mass is 35.5. The van der Waals surface area contributed by atoms with Gasteiger partial charge in [-0.2, -0.15) is 18.4 Å². The van der Waals surface area contributed by atoms with E-state index in [1.54, 1.807) is 5.32 Å². The monoisotopic (exact) mass is 513 g/mol. The first-order valence-corrected chi connectivity index (χ1v) is 12.0. The normalized spacial score (nSPS) is 15.6. The van der Waals surface area contributed by atoms with Gasteiger partial charge in [-0.1, -0.05) is 30.5 Å². The smallest absolute Gasteiger partial charge is 0.441 e. The fourth-order valence-corrected chi connectivity index (χ4v) is 5.28. The quantitative estimate of drug-likeness (QED) is 0.388. The Morgan fingerprint density at radius 1 is 1.21 bits per heavy atom. The van der Waals surface area contributed by atoms with Crippen LogP contribution in [0.15, 0.2) is 24.3 Å². The van der Waals surface area contributed by atoms with E-state index < -0.39 is 23.7 Å². The lowest BCUT2D eigenvalue weighted by molar-refractivity contribution is -0.204. The van der Waals surface area contributed by atoms with Crippen LogP contribution in [0.2, 0.25) is 5.02 Å². The standard InChI is InChI=1S/C23H23ClF3N3O3S/c1-2-33-21(32)22(23(25,26)27,29-19(31)14-8-7-9-15(24)12-14)30-20-17(13-28)16-10-5-3-4-6-11-18(16)34-20/h7-9,12,30H,2-6,10-11H2,1H3,(H,29,31). The Labute approximate surface area is 204 Å². The van der Waals surface area contributed by atoms with E-state index in [0.29, 0.717) is 18.4 Å². The summed E-state index contributed by atoms with van der Waals surface area (Å²) in [5.74, 6) is -2.92. The van der Waals surface area contributed by atoms with Crippen LogP contribution < -0.4 is 10.6 Å². The predicted octanol–water partition coefficient (Wildman–Crippen LogP) is 5.60. The number of hydrogen-bond donors (Lipinski definition) is 2. The molecule has 0 aliphatic heterocycles. The molecule has 1 aliphatic carbocycles. The molecule has 6 nitrogen and oxygen atoms in total. The summed E-state index contributed by atoms with van der Waals surface area (Å²) in [5, 5.41) is 13.8. The molecule has 0 saturated heterocycles. The molecular weight excluding hydrogens is 491 g/mol. The van der Waals surface area contributed by atoms with E-state index in [1.165, 1.54) is 31.2 Å². The van der Waals surface area contributed by atoms with Crippen LogP contribution in [0.5, 0.6) is 0 Å². The molecule has 0 bridgehead atoms. The van der Waals surface area contributed by atoms with Crippen LogP contribution in [-0.4, -0.2) is 30.3 Å². The first kappa shape index (κ1) is 25.8. The summed E-state index contributed by atoms with van der Waals surface area (Å²) in [7, 11) is 0. The first-order chi connectivity index (χ1) is 16.1. The highest BCUT2D eigenvalue weighted by Gasteiger charge is 2.64. The SMILES string of the molecule is CCOC(=O)C(NC(=O)c1cccc(Cl)c1)(Nc1sc2c(c1C#N)CCCCCC2)C(F)(F)F. The Kier molecular flexibility index (Phi) is 8.10. The third kappa shape index (κ3) is 5.31. The number of anilines is 1. The Balaban J connectivity index is 2.10. The number of benzene rings is 1. The Hall–Kier alpha value is -2.77. The fourth-order valence-electron chi connectivity index (χ4n) is 3.80. The van der Waals surface area contributed by atoms with Gasteiger partial charge in [0.15, 0.2) is 0 Å². The summed E-state index contributed by atoms with van der Waals surface area (Å²) in [4.78, 5) is 26.4. The molecule has 34 heavy (non-hydrogen) atoms. The van der Waals surface area contributed by atoms with E-state index in [0.717, 1.165) is 41.9 Å². The number of hydrogen-bond acceptors (Lipinski definition) is 6. The van der Waals surface area contributed by atoms with Gasteiger partial charge in [0, 0.05) is 15.5 Å². The van der Waals surface area contributed by atoms with Crippen molar-refractivity contribution in [3.63, 3.8) is 0 Å². The van der Waals surface area contributed by atoms with Gasteiger partial charge < -0.3 is 15.4 Å². The van der Waals surface area contributed by atoms with Crippen molar-refractivity contribution in [1.82, 2.24) is 5.32 Å². The minimum atomic E-state index is -5.31. The van der Waals surface area contributed by atoms with Gasteiger partial charge in [0.25, 0.3) is 5.91 Å². The largest absolute Gasteiger partial charge is 0.463 e. The van der Waals surface area contributed by atoms with Crippen molar-refractivity contribution >= 4 is 39.8 Å². The lowest BCUT2D eigenvalue weighted by Crippen LogP contribution is -2.69. The van der Waals surface area contributed by atoms with E-state index in [-0.39, 0.29) is 27.8 Å². The number of nitrogens with one attached hydrogen (secondary N) is 2. The molecule has 11 heteroatoms. The number of esters is 1. The molecule has 1 unspecified atom stereocenters. The topological polar surface area (TPSA) is 91.2 Å². The van der Waals surface area contributed by atoms with Gasteiger partial charge in [0.1, 0.15) is 11.1 Å². The molecule has 1 heterocycles. The van der Waals surface area contributed by atoms with Crippen molar-refractivity contribution in [3.8, 4) is 6.07 Å². The summed E-state index contributed by atoms with van der Waals surface area (Å²) < 4.78 is 48.4. The zero-order chi connectivity index (χ0) is 24.9. The Bertz CT molecular complexity index is 1110. The Morgan fingerprint density at radius 3 is 2.53 bits per heavy atom. The lowest BCUT2D eigenvalue weighted by atomic mass is 9.97. The zero-order valence-corrected chi connectivity index (χ0v) is 19.9. The number of ether oxygens (including phenoxy) is 1.